The molecule has 0 aromatic heterocycles. The Bertz CT molecular complexity index is 813. The fourth-order valence-electron chi connectivity index (χ4n) is 7.86. The highest BCUT2D eigenvalue weighted by molar-refractivity contribution is 5.27. The number of hydrogen-bond acceptors (Lipinski definition) is 0. The van der Waals surface area contributed by atoms with Crippen LogP contribution in [0.2, 0.25) is 0 Å². The van der Waals surface area contributed by atoms with Gasteiger partial charge < -0.3 is 0 Å². The summed E-state index contributed by atoms with van der Waals surface area (Å²) < 4.78 is 0. The molecule has 0 aliphatic heterocycles. The second-order valence-corrected chi connectivity index (χ2v) is 13.8. The van der Waals surface area contributed by atoms with Crippen molar-refractivity contribution in [2.45, 2.75) is 167 Å². The van der Waals surface area contributed by atoms with Crippen molar-refractivity contribution in [3.8, 4) is 0 Å². The van der Waals surface area contributed by atoms with Gasteiger partial charge in [-0.1, -0.05) is 127 Å². The number of unbranched alkanes of at least 4 members (excludes halogenated alkanes) is 7. The maximum absolute atomic E-state index is 2.46. The summed E-state index contributed by atoms with van der Waals surface area (Å²) in [5, 5.41) is 0. The van der Waals surface area contributed by atoms with Crippen LogP contribution in [-0.2, 0) is 12.8 Å². The first-order valence-electron chi connectivity index (χ1n) is 17.9. The van der Waals surface area contributed by atoms with Crippen LogP contribution in [0.5, 0.6) is 0 Å². The highest BCUT2D eigenvalue weighted by Crippen LogP contribution is 2.39. The molecule has 2 fully saturated rings. The summed E-state index contributed by atoms with van der Waals surface area (Å²) in [5.41, 5.74) is 6.30. The van der Waals surface area contributed by atoms with E-state index in [4.69, 9.17) is 0 Å². The monoisotopic (exact) mass is 542 g/mol. The van der Waals surface area contributed by atoms with E-state index < -0.39 is 0 Å². The van der Waals surface area contributed by atoms with Crippen LogP contribution in [0, 0.1) is 11.8 Å². The van der Waals surface area contributed by atoms with Crippen LogP contribution < -0.4 is 0 Å². The van der Waals surface area contributed by atoms with E-state index in [1.54, 1.807) is 22.3 Å². The van der Waals surface area contributed by atoms with E-state index in [-0.39, 0.29) is 0 Å². The molecule has 0 nitrogen and oxygen atoms in total. The normalized spacial score (nSPS) is 23.4. The molecule has 0 spiro atoms. The summed E-state index contributed by atoms with van der Waals surface area (Å²) in [6.07, 6.45) is 30.8. The van der Waals surface area contributed by atoms with Crippen molar-refractivity contribution in [2.75, 3.05) is 0 Å². The van der Waals surface area contributed by atoms with Crippen LogP contribution in [0.15, 0.2) is 48.5 Å². The van der Waals surface area contributed by atoms with E-state index in [1.165, 1.54) is 141 Å². The highest BCUT2D eigenvalue weighted by atomic mass is 14.3. The number of aryl methyl sites for hydroxylation is 2. The summed E-state index contributed by atoms with van der Waals surface area (Å²) >= 11 is 0. The van der Waals surface area contributed by atoms with E-state index >= 15 is 0 Å². The van der Waals surface area contributed by atoms with E-state index in [9.17, 15) is 0 Å². The van der Waals surface area contributed by atoms with Gasteiger partial charge in [-0.05, 0) is 123 Å². The molecule has 0 saturated heterocycles. The molecule has 2 saturated carbocycles. The van der Waals surface area contributed by atoms with Gasteiger partial charge in [-0.15, -0.1) is 0 Å². The summed E-state index contributed by atoms with van der Waals surface area (Å²) in [7, 11) is 0. The van der Waals surface area contributed by atoms with Gasteiger partial charge in [0.05, 0.1) is 0 Å². The van der Waals surface area contributed by atoms with Crippen molar-refractivity contribution in [3.63, 3.8) is 0 Å². The quantitative estimate of drug-likeness (QED) is 0.174. The zero-order valence-electron chi connectivity index (χ0n) is 26.5. The van der Waals surface area contributed by atoms with Gasteiger partial charge in [0.2, 0.25) is 0 Å². The van der Waals surface area contributed by atoms with Crippen LogP contribution in [0.3, 0.4) is 0 Å². The number of hydrogen-bond donors (Lipinski definition) is 0. The Labute approximate surface area is 249 Å². The maximum Gasteiger partial charge on any atom is -0.0162 e. The van der Waals surface area contributed by atoms with Crippen LogP contribution in [0.25, 0.3) is 0 Å². The lowest BCUT2D eigenvalue weighted by molar-refractivity contribution is 0.303. The Kier molecular flexibility index (Phi) is 14.2. The third-order valence-corrected chi connectivity index (χ3v) is 10.7. The van der Waals surface area contributed by atoms with Gasteiger partial charge >= 0.3 is 0 Å². The Morgan fingerprint density at radius 1 is 0.425 bits per heavy atom. The van der Waals surface area contributed by atoms with Crippen molar-refractivity contribution >= 4 is 0 Å². The van der Waals surface area contributed by atoms with Crippen molar-refractivity contribution in [1.29, 1.82) is 0 Å². The molecule has 222 valence electrons. The first kappa shape index (κ1) is 31.4. The van der Waals surface area contributed by atoms with Crippen molar-refractivity contribution in [2.24, 2.45) is 11.8 Å². The average molecular weight is 543 g/mol. The standard InChI is InChI=1S/C40H62/c1-3-5-9-13-33-17-25-37(26-18-33)39-29-21-35(22-30-39)15-11-7-8-12-16-36-23-31-40(32-24-36)38-27-19-34(20-28-38)14-10-6-4-2/h21-24,29-34,37-38H,3-20,25-28H2,1-2H3. The topological polar surface area (TPSA) is 0 Å². The highest BCUT2D eigenvalue weighted by Gasteiger charge is 2.23. The van der Waals surface area contributed by atoms with Crippen LogP contribution in [-0.4, -0.2) is 0 Å². The summed E-state index contributed by atoms with van der Waals surface area (Å²) in [5.74, 6) is 3.66. The zero-order valence-corrected chi connectivity index (χ0v) is 26.5. The molecule has 2 aromatic rings. The number of rotatable bonds is 17. The van der Waals surface area contributed by atoms with E-state index in [1.807, 2.05) is 0 Å². The second kappa shape index (κ2) is 18.1. The molecule has 0 amide bonds. The van der Waals surface area contributed by atoms with Crippen LogP contribution in [0.1, 0.15) is 176 Å². The molecule has 0 radical (unpaired) electrons. The predicted molar refractivity (Wildman–Crippen MR) is 176 cm³/mol. The molecule has 2 aliphatic rings. The molecule has 0 unspecified atom stereocenters. The largest absolute Gasteiger partial charge is 0.0654 e. The molecule has 0 bridgehead atoms. The lowest BCUT2D eigenvalue weighted by Gasteiger charge is -2.29. The average Bonchev–Trinajstić information content (AvgIpc) is 3.01. The minimum Gasteiger partial charge on any atom is -0.0654 e. The third kappa shape index (κ3) is 10.7. The van der Waals surface area contributed by atoms with Gasteiger partial charge in [0.15, 0.2) is 0 Å². The van der Waals surface area contributed by atoms with Crippen molar-refractivity contribution in [3.05, 3.63) is 70.8 Å². The molecular weight excluding hydrogens is 480 g/mol. The molecular formula is C40H62. The Morgan fingerprint density at radius 2 is 0.800 bits per heavy atom. The lowest BCUT2D eigenvalue weighted by atomic mass is 9.77. The molecule has 0 heterocycles. The molecule has 0 heteroatoms. The van der Waals surface area contributed by atoms with Gasteiger partial charge in [0.1, 0.15) is 0 Å². The number of benzene rings is 2. The Hall–Kier alpha value is -1.56. The summed E-state index contributed by atoms with van der Waals surface area (Å²) in [4.78, 5) is 0. The fourth-order valence-corrected chi connectivity index (χ4v) is 7.86. The molecule has 0 N–H and O–H groups in total. The zero-order chi connectivity index (χ0) is 27.8. The SMILES string of the molecule is CCCCCC1CCC(c2ccc(CCCCCCc3ccc(C4CCC(CCCCC)CC4)cc3)cc2)CC1. The molecule has 2 aromatic carbocycles. The van der Waals surface area contributed by atoms with Crippen LogP contribution >= 0.6 is 0 Å². The van der Waals surface area contributed by atoms with Crippen molar-refractivity contribution < 1.29 is 0 Å². The smallest absolute Gasteiger partial charge is 0.0162 e. The minimum atomic E-state index is 0.820. The van der Waals surface area contributed by atoms with Gasteiger partial charge in [0, 0.05) is 0 Å². The first-order chi connectivity index (χ1) is 19.7. The van der Waals surface area contributed by atoms with Crippen LogP contribution in [0.4, 0.5) is 0 Å². The fraction of sp³-hybridized carbons (Fsp3) is 0.700. The maximum atomic E-state index is 2.46. The Morgan fingerprint density at radius 3 is 1.15 bits per heavy atom. The molecule has 4 rings (SSSR count). The molecule has 40 heavy (non-hydrogen) atoms. The van der Waals surface area contributed by atoms with E-state index in [2.05, 4.69) is 62.4 Å². The van der Waals surface area contributed by atoms with Gasteiger partial charge in [0.25, 0.3) is 0 Å². The Balaban J connectivity index is 1.05. The first-order valence-corrected chi connectivity index (χ1v) is 17.9. The van der Waals surface area contributed by atoms with Gasteiger partial charge in [-0.25, -0.2) is 0 Å². The predicted octanol–water partition coefficient (Wildman–Crippen LogP) is 12.7. The molecule has 2 aliphatic carbocycles. The second-order valence-electron chi connectivity index (χ2n) is 13.8. The molecule has 0 atom stereocenters. The minimum absolute atomic E-state index is 0.820. The van der Waals surface area contributed by atoms with Gasteiger partial charge in [-0.2, -0.15) is 0 Å². The summed E-state index contributed by atoms with van der Waals surface area (Å²) in [6.45, 7) is 4.64. The lowest BCUT2D eigenvalue weighted by Crippen LogP contribution is -2.13. The van der Waals surface area contributed by atoms with E-state index in [0.29, 0.717) is 0 Å². The van der Waals surface area contributed by atoms with E-state index in [0.717, 1.165) is 23.7 Å². The summed E-state index contributed by atoms with van der Waals surface area (Å²) in [6, 6.07) is 19.6. The van der Waals surface area contributed by atoms with Crippen molar-refractivity contribution in [1.82, 2.24) is 0 Å². The van der Waals surface area contributed by atoms with Gasteiger partial charge in [-0.3, -0.25) is 0 Å². The third-order valence-electron chi connectivity index (χ3n) is 10.7.